The third-order valence-electron chi connectivity index (χ3n) is 4.49. The number of aromatic amines is 1. The van der Waals surface area contributed by atoms with Crippen molar-refractivity contribution >= 4 is 44.9 Å². The van der Waals surface area contributed by atoms with Crippen LogP contribution in [-0.2, 0) is 11.3 Å². The number of thioether (sulfide) groups is 1. The van der Waals surface area contributed by atoms with Crippen LogP contribution in [0.15, 0.2) is 62.1 Å². The number of nitrogens with one attached hydrogen (secondary N) is 2. The van der Waals surface area contributed by atoms with E-state index in [9.17, 15) is 9.59 Å². The van der Waals surface area contributed by atoms with Gasteiger partial charge < -0.3 is 14.7 Å². The topological polar surface area (TPSA) is 91.2 Å². The minimum absolute atomic E-state index is 0.126. The van der Waals surface area contributed by atoms with Crippen molar-refractivity contribution in [3.63, 3.8) is 0 Å². The first-order chi connectivity index (χ1) is 14.5. The zero-order valence-corrected chi connectivity index (χ0v) is 18.1. The van der Waals surface area contributed by atoms with Crippen molar-refractivity contribution in [1.29, 1.82) is 0 Å². The summed E-state index contributed by atoms with van der Waals surface area (Å²) in [5.41, 5.74) is 1.32. The van der Waals surface area contributed by atoms with Gasteiger partial charge in [0.1, 0.15) is 16.4 Å². The first kappa shape index (κ1) is 20.4. The lowest BCUT2D eigenvalue weighted by Crippen LogP contribution is -2.31. The maximum atomic E-state index is 12.7. The molecule has 1 aromatic carbocycles. The second kappa shape index (κ2) is 8.86. The molecular weight excluding hydrogens is 420 g/mol. The maximum absolute atomic E-state index is 12.7. The van der Waals surface area contributed by atoms with E-state index in [0.29, 0.717) is 28.3 Å². The summed E-state index contributed by atoms with van der Waals surface area (Å²) in [6.07, 6.45) is 3.55. The number of para-hydroxylation sites is 1. The number of benzene rings is 1. The fourth-order valence-electron chi connectivity index (χ4n) is 3.18. The Morgan fingerprint density at radius 2 is 2.13 bits per heavy atom. The number of carbonyl (C=O) groups is 1. The summed E-state index contributed by atoms with van der Waals surface area (Å²) in [6.45, 7) is 0.517. The fourth-order valence-corrected chi connectivity index (χ4v) is 4.68. The van der Waals surface area contributed by atoms with Crippen LogP contribution in [0, 0.1) is 0 Å². The van der Waals surface area contributed by atoms with Crippen molar-refractivity contribution in [2.45, 2.75) is 11.4 Å². The van der Waals surface area contributed by atoms with Crippen molar-refractivity contribution in [2.24, 2.45) is 0 Å². The van der Waals surface area contributed by atoms with Gasteiger partial charge in [-0.25, -0.2) is 4.98 Å². The van der Waals surface area contributed by atoms with E-state index in [2.05, 4.69) is 15.3 Å². The summed E-state index contributed by atoms with van der Waals surface area (Å²) >= 11 is 2.98. The summed E-state index contributed by atoms with van der Waals surface area (Å²) in [5.74, 6) is 1.03. The van der Waals surface area contributed by atoms with E-state index in [1.807, 2.05) is 53.9 Å². The van der Waals surface area contributed by atoms with Crippen LogP contribution >= 0.6 is 23.1 Å². The normalized spacial score (nSPS) is 11.3. The zero-order valence-electron chi connectivity index (χ0n) is 16.5. The largest absolute Gasteiger partial charge is 0.464 e. The quantitative estimate of drug-likeness (QED) is 0.422. The lowest BCUT2D eigenvalue weighted by molar-refractivity contribution is -0.117. The molecule has 0 bridgehead atoms. The summed E-state index contributed by atoms with van der Waals surface area (Å²) in [7, 11) is 1.81. The number of rotatable bonds is 7. The summed E-state index contributed by atoms with van der Waals surface area (Å²) in [4.78, 5) is 36.0. The van der Waals surface area contributed by atoms with Gasteiger partial charge in [-0.05, 0) is 37.6 Å². The molecule has 2 N–H and O–H groups in total. The van der Waals surface area contributed by atoms with Crippen LogP contribution in [0.5, 0.6) is 0 Å². The Hall–Kier alpha value is -2.88. The Morgan fingerprint density at radius 3 is 2.90 bits per heavy atom. The number of amides is 1. The van der Waals surface area contributed by atoms with Crippen molar-refractivity contribution in [2.75, 3.05) is 25.2 Å². The average molecular weight is 441 g/mol. The number of H-pyrrole nitrogens is 1. The van der Waals surface area contributed by atoms with Crippen LogP contribution in [0.4, 0.5) is 5.69 Å². The highest BCUT2D eigenvalue weighted by molar-refractivity contribution is 7.98. The zero-order chi connectivity index (χ0) is 21.1. The molecule has 3 aromatic heterocycles. The first-order valence-corrected chi connectivity index (χ1v) is 11.3. The van der Waals surface area contributed by atoms with Gasteiger partial charge >= 0.3 is 0 Å². The number of aromatic nitrogens is 2. The summed E-state index contributed by atoms with van der Waals surface area (Å²) < 4.78 is 5.42. The Balaban J connectivity index is 1.46. The number of likely N-dealkylation sites (N-methyl/N-ethyl adjacent to an activating group) is 1. The Morgan fingerprint density at radius 1 is 1.30 bits per heavy atom. The molecule has 3 heterocycles. The second-order valence-corrected chi connectivity index (χ2v) is 8.45. The standard InChI is InChI=1S/C21H20N4O3S2/c1-25(11-18(26)22-14-6-3-4-8-16(14)29-2)10-17-23-20(27)19-13(12-30-21(19)24-17)15-7-5-9-28-15/h3-9,12H,10-11H2,1-2H3,(H,22,26)(H,23,24,27). The molecule has 0 saturated heterocycles. The van der Waals surface area contributed by atoms with E-state index < -0.39 is 0 Å². The van der Waals surface area contributed by atoms with Gasteiger partial charge in [0.05, 0.1) is 30.4 Å². The van der Waals surface area contributed by atoms with Gasteiger partial charge in [0, 0.05) is 15.8 Å². The van der Waals surface area contributed by atoms with Gasteiger partial charge in [-0.3, -0.25) is 14.5 Å². The number of nitrogens with zero attached hydrogens (tertiary/aromatic N) is 2. The van der Waals surface area contributed by atoms with Gasteiger partial charge in [0.15, 0.2) is 0 Å². The van der Waals surface area contributed by atoms with Crippen LogP contribution in [0.1, 0.15) is 5.82 Å². The lowest BCUT2D eigenvalue weighted by atomic mass is 10.2. The second-order valence-electron chi connectivity index (χ2n) is 6.74. The molecule has 30 heavy (non-hydrogen) atoms. The minimum Gasteiger partial charge on any atom is -0.464 e. The highest BCUT2D eigenvalue weighted by Crippen LogP contribution is 2.31. The van der Waals surface area contributed by atoms with Crippen molar-refractivity contribution in [1.82, 2.24) is 14.9 Å². The van der Waals surface area contributed by atoms with E-state index in [-0.39, 0.29) is 18.0 Å². The third-order valence-corrected chi connectivity index (χ3v) is 6.16. The van der Waals surface area contributed by atoms with Gasteiger partial charge in [-0.15, -0.1) is 23.1 Å². The highest BCUT2D eigenvalue weighted by Gasteiger charge is 2.16. The fraction of sp³-hybridized carbons (Fsp3) is 0.190. The first-order valence-electron chi connectivity index (χ1n) is 9.21. The molecule has 0 atom stereocenters. The Labute approximate surface area is 181 Å². The van der Waals surface area contributed by atoms with Crippen molar-refractivity contribution in [3.8, 4) is 11.3 Å². The number of fused-ring (bicyclic) bond motifs is 1. The molecule has 1 amide bonds. The van der Waals surface area contributed by atoms with E-state index in [0.717, 1.165) is 16.1 Å². The van der Waals surface area contributed by atoms with Crippen LogP contribution in [-0.4, -0.2) is 40.6 Å². The molecule has 4 aromatic rings. The van der Waals surface area contributed by atoms with E-state index in [1.54, 1.807) is 24.1 Å². The number of hydrogen-bond acceptors (Lipinski definition) is 7. The summed E-state index contributed by atoms with van der Waals surface area (Å²) in [6, 6.07) is 11.3. The molecule has 7 nitrogen and oxygen atoms in total. The van der Waals surface area contributed by atoms with Gasteiger partial charge in [0.2, 0.25) is 5.91 Å². The van der Waals surface area contributed by atoms with Crippen molar-refractivity contribution < 1.29 is 9.21 Å². The lowest BCUT2D eigenvalue weighted by Gasteiger charge is -2.16. The van der Waals surface area contributed by atoms with E-state index >= 15 is 0 Å². The van der Waals surface area contributed by atoms with Gasteiger partial charge in [-0.1, -0.05) is 12.1 Å². The predicted molar refractivity (Wildman–Crippen MR) is 121 cm³/mol. The predicted octanol–water partition coefficient (Wildman–Crippen LogP) is 4.04. The smallest absolute Gasteiger partial charge is 0.260 e. The number of furan rings is 1. The molecule has 0 spiro atoms. The van der Waals surface area contributed by atoms with Crippen LogP contribution in [0.2, 0.25) is 0 Å². The molecule has 154 valence electrons. The van der Waals surface area contributed by atoms with Crippen LogP contribution < -0.4 is 10.9 Å². The van der Waals surface area contributed by atoms with E-state index in [1.165, 1.54) is 11.3 Å². The Bertz CT molecular complexity index is 1230. The Kier molecular flexibility index (Phi) is 6.03. The van der Waals surface area contributed by atoms with Crippen LogP contribution in [0.3, 0.4) is 0 Å². The molecule has 0 saturated carbocycles. The highest BCUT2D eigenvalue weighted by atomic mass is 32.2. The van der Waals surface area contributed by atoms with Gasteiger partial charge in [-0.2, -0.15) is 0 Å². The van der Waals surface area contributed by atoms with Crippen molar-refractivity contribution in [3.05, 3.63) is 64.2 Å². The maximum Gasteiger partial charge on any atom is 0.260 e. The van der Waals surface area contributed by atoms with Crippen LogP contribution in [0.25, 0.3) is 21.5 Å². The molecule has 9 heteroatoms. The molecule has 0 aliphatic rings. The summed E-state index contributed by atoms with van der Waals surface area (Å²) in [5, 5.41) is 5.33. The number of carbonyl (C=O) groups excluding carboxylic acids is 1. The average Bonchev–Trinajstić information content (AvgIpc) is 3.37. The van der Waals surface area contributed by atoms with E-state index in [4.69, 9.17) is 4.42 Å². The molecular formula is C21H20N4O3S2. The molecule has 4 rings (SSSR count). The molecule has 0 aliphatic heterocycles. The molecule has 0 aliphatic carbocycles. The third kappa shape index (κ3) is 4.33. The molecule has 0 fully saturated rings. The molecule has 0 radical (unpaired) electrons. The monoisotopic (exact) mass is 440 g/mol. The minimum atomic E-state index is -0.214. The van der Waals surface area contributed by atoms with Gasteiger partial charge in [0.25, 0.3) is 5.56 Å². The SMILES string of the molecule is CSc1ccccc1NC(=O)CN(C)Cc1nc2scc(-c3ccco3)c2c(=O)[nH]1. The molecule has 0 unspecified atom stereocenters. The number of hydrogen-bond donors (Lipinski definition) is 2. The number of anilines is 1. The number of thiophene rings is 1.